The van der Waals surface area contributed by atoms with Gasteiger partial charge in [0.25, 0.3) is 0 Å². The molecule has 0 radical (unpaired) electrons. The van der Waals surface area contributed by atoms with E-state index >= 15 is 0 Å². The third kappa shape index (κ3) is 2.88. The standard InChI is InChI=1S/C12H20OSi/c1-9-7-10(2)12(11(3)8-9)13-14(4,5)6/h7-8H,1-6H3. The molecule has 1 aromatic rings. The van der Waals surface area contributed by atoms with Crippen molar-refractivity contribution >= 4 is 8.32 Å². The van der Waals surface area contributed by atoms with Crippen LogP contribution < -0.4 is 4.43 Å². The molecule has 2 heteroatoms. The summed E-state index contributed by atoms with van der Waals surface area (Å²) < 4.78 is 6.06. The van der Waals surface area contributed by atoms with E-state index in [1.165, 1.54) is 16.7 Å². The summed E-state index contributed by atoms with van der Waals surface area (Å²) in [5.74, 6) is 1.09. The van der Waals surface area contributed by atoms with Crippen LogP contribution in [0.4, 0.5) is 0 Å². The molecule has 0 atom stereocenters. The number of rotatable bonds is 2. The summed E-state index contributed by atoms with van der Waals surface area (Å²) >= 11 is 0. The summed E-state index contributed by atoms with van der Waals surface area (Å²) in [7, 11) is -1.48. The van der Waals surface area contributed by atoms with E-state index in [0.717, 1.165) is 5.75 Å². The van der Waals surface area contributed by atoms with Crippen LogP contribution in [0.1, 0.15) is 16.7 Å². The molecule has 0 spiro atoms. The predicted octanol–water partition coefficient (Wildman–Crippen LogP) is 3.83. The van der Waals surface area contributed by atoms with Crippen molar-refractivity contribution in [3.05, 3.63) is 28.8 Å². The fourth-order valence-corrected chi connectivity index (χ4v) is 2.57. The highest BCUT2D eigenvalue weighted by Crippen LogP contribution is 2.26. The van der Waals surface area contributed by atoms with Crippen molar-refractivity contribution in [1.82, 2.24) is 0 Å². The number of benzene rings is 1. The van der Waals surface area contributed by atoms with Crippen LogP contribution in [0.15, 0.2) is 12.1 Å². The van der Waals surface area contributed by atoms with E-state index in [0.29, 0.717) is 0 Å². The van der Waals surface area contributed by atoms with Gasteiger partial charge in [0.2, 0.25) is 8.32 Å². The molecule has 0 N–H and O–H groups in total. The maximum atomic E-state index is 6.06. The molecule has 0 bridgehead atoms. The molecule has 1 nitrogen and oxygen atoms in total. The van der Waals surface area contributed by atoms with E-state index < -0.39 is 8.32 Å². The monoisotopic (exact) mass is 208 g/mol. The van der Waals surface area contributed by atoms with Crippen LogP contribution in [-0.4, -0.2) is 8.32 Å². The SMILES string of the molecule is Cc1cc(C)c(O[Si](C)(C)C)c(C)c1. The molecule has 0 unspecified atom stereocenters. The van der Waals surface area contributed by atoms with E-state index in [1.54, 1.807) is 0 Å². The first-order chi connectivity index (χ1) is 6.29. The van der Waals surface area contributed by atoms with Crippen molar-refractivity contribution in [2.75, 3.05) is 0 Å². The van der Waals surface area contributed by atoms with Gasteiger partial charge in [0.1, 0.15) is 5.75 Å². The topological polar surface area (TPSA) is 9.23 Å². The van der Waals surface area contributed by atoms with Gasteiger partial charge in [-0.2, -0.15) is 0 Å². The Morgan fingerprint density at radius 2 is 1.36 bits per heavy atom. The molecule has 0 aromatic heterocycles. The molecule has 1 rings (SSSR count). The van der Waals surface area contributed by atoms with Gasteiger partial charge in [-0.25, -0.2) is 0 Å². The fourth-order valence-electron chi connectivity index (χ4n) is 1.63. The minimum absolute atomic E-state index is 1.09. The molecular weight excluding hydrogens is 188 g/mol. The first kappa shape index (κ1) is 11.3. The Bertz CT molecular complexity index is 314. The summed E-state index contributed by atoms with van der Waals surface area (Å²) in [5.41, 5.74) is 3.82. The third-order valence-electron chi connectivity index (χ3n) is 2.01. The van der Waals surface area contributed by atoms with Crippen LogP contribution in [0.5, 0.6) is 5.75 Å². The van der Waals surface area contributed by atoms with Crippen LogP contribution >= 0.6 is 0 Å². The zero-order chi connectivity index (χ0) is 10.9. The number of aryl methyl sites for hydroxylation is 3. The Hall–Kier alpha value is -0.763. The van der Waals surface area contributed by atoms with E-state index in [2.05, 4.69) is 52.5 Å². The van der Waals surface area contributed by atoms with Gasteiger partial charge < -0.3 is 4.43 Å². The molecule has 1 aromatic carbocycles. The van der Waals surface area contributed by atoms with E-state index in [9.17, 15) is 0 Å². The Morgan fingerprint density at radius 1 is 0.929 bits per heavy atom. The summed E-state index contributed by atoms with van der Waals surface area (Å²) in [5, 5.41) is 0. The minimum Gasteiger partial charge on any atom is -0.544 e. The van der Waals surface area contributed by atoms with Crippen molar-refractivity contribution in [2.24, 2.45) is 0 Å². The van der Waals surface area contributed by atoms with Crippen molar-refractivity contribution in [2.45, 2.75) is 40.4 Å². The predicted molar refractivity (Wildman–Crippen MR) is 64.6 cm³/mol. The lowest BCUT2D eigenvalue weighted by molar-refractivity contribution is 0.548. The highest BCUT2D eigenvalue weighted by molar-refractivity contribution is 6.70. The van der Waals surface area contributed by atoms with Gasteiger partial charge >= 0.3 is 0 Å². The first-order valence-corrected chi connectivity index (χ1v) is 8.47. The summed E-state index contributed by atoms with van der Waals surface area (Å²) in [6.45, 7) is 13.0. The van der Waals surface area contributed by atoms with Gasteiger partial charge in [-0.3, -0.25) is 0 Å². The molecular formula is C12H20OSi. The molecule has 14 heavy (non-hydrogen) atoms. The molecule has 0 heterocycles. The van der Waals surface area contributed by atoms with Gasteiger partial charge in [-0.15, -0.1) is 0 Å². The number of hydrogen-bond acceptors (Lipinski definition) is 1. The van der Waals surface area contributed by atoms with Crippen molar-refractivity contribution < 1.29 is 4.43 Å². The quantitative estimate of drug-likeness (QED) is 0.671. The Kier molecular flexibility index (Phi) is 3.05. The van der Waals surface area contributed by atoms with Gasteiger partial charge in [0.15, 0.2) is 0 Å². The second kappa shape index (κ2) is 3.77. The van der Waals surface area contributed by atoms with Crippen LogP contribution in [0.3, 0.4) is 0 Å². The normalized spacial score (nSPS) is 11.6. The lowest BCUT2D eigenvalue weighted by Crippen LogP contribution is -2.30. The molecule has 0 saturated heterocycles. The zero-order valence-electron chi connectivity index (χ0n) is 10.1. The lowest BCUT2D eigenvalue weighted by atomic mass is 10.1. The molecule has 0 saturated carbocycles. The third-order valence-corrected chi connectivity index (χ3v) is 2.83. The van der Waals surface area contributed by atoms with E-state index in [1.807, 2.05) is 0 Å². The Balaban J connectivity index is 3.09. The smallest absolute Gasteiger partial charge is 0.242 e. The summed E-state index contributed by atoms with van der Waals surface area (Å²) in [6, 6.07) is 4.37. The number of hydrogen-bond donors (Lipinski definition) is 0. The van der Waals surface area contributed by atoms with E-state index in [-0.39, 0.29) is 0 Å². The Morgan fingerprint density at radius 3 is 1.71 bits per heavy atom. The van der Waals surface area contributed by atoms with Crippen molar-refractivity contribution in [3.63, 3.8) is 0 Å². The minimum atomic E-state index is -1.48. The van der Waals surface area contributed by atoms with Gasteiger partial charge in [0, 0.05) is 0 Å². The Labute approximate surface area is 88.2 Å². The highest BCUT2D eigenvalue weighted by atomic mass is 28.4. The first-order valence-electron chi connectivity index (χ1n) is 5.06. The largest absolute Gasteiger partial charge is 0.544 e. The van der Waals surface area contributed by atoms with Crippen molar-refractivity contribution in [3.8, 4) is 5.75 Å². The molecule has 0 aliphatic carbocycles. The molecule has 0 fully saturated rings. The average Bonchev–Trinajstić information content (AvgIpc) is 1.95. The molecule has 0 aliphatic rings. The zero-order valence-corrected chi connectivity index (χ0v) is 11.1. The summed E-state index contributed by atoms with van der Waals surface area (Å²) in [6.07, 6.45) is 0. The van der Waals surface area contributed by atoms with Crippen LogP contribution in [0.25, 0.3) is 0 Å². The van der Waals surface area contributed by atoms with Crippen LogP contribution in [0.2, 0.25) is 19.6 Å². The molecule has 78 valence electrons. The second-order valence-corrected chi connectivity index (χ2v) is 9.37. The second-order valence-electron chi connectivity index (χ2n) is 4.94. The van der Waals surface area contributed by atoms with E-state index in [4.69, 9.17) is 4.43 Å². The molecule has 0 aliphatic heterocycles. The maximum Gasteiger partial charge on any atom is 0.242 e. The van der Waals surface area contributed by atoms with Crippen LogP contribution in [-0.2, 0) is 0 Å². The van der Waals surface area contributed by atoms with Gasteiger partial charge in [0.05, 0.1) is 0 Å². The lowest BCUT2D eigenvalue weighted by Gasteiger charge is -2.22. The van der Waals surface area contributed by atoms with Gasteiger partial charge in [-0.05, 0) is 51.5 Å². The highest BCUT2D eigenvalue weighted by Gasteiger charge is 2.18. The molecule has 0 amide bonds. The average molecular weight is 208 g/mol. The van der Waals surface area contributed by atoms with Gasteiger partial charge in [-0.1, -0.05) is 17.7 Å². The summed E-state index contributed by atoms with van der Waals surface area (Å²) in [4.78, 5) is 0. The van der Waals surface area contributed by atoms with Crippen LogP contribution in [0, 0.1) is 20.8 Å². The maximum absolute atomic E-state index is 6.06. The van der Waals surface area contributed by atoms with Crippen molar-refractivity contribution in [1.29, 1.82) is 0 Å². The fraction of sp³-hybridized carbons (Fsp3) is 0.500.